The lowest BCUT2D eigenvalue weighted by Crippen LogP contribution is -2.02. The molecule has 17 heavy (non-hydrogen) atoms. The Labute approximate surface area is 108 Å². The van der Waals surface area contributed by atoms with Crippen LogP contribution in [0.25, 0.3) is 0 Å². The second-order valence-electron chi connectivity index (χ2n) is 4.86. The van der Waals surface area contributed by atoms with E-state index in [2.05, 4.69) is 20.8 Å². The first-order valence-corrected chi connectivity index (χ1v) is 9.40. The monoisotopic (exact) mass is 262 g/mol. The molecule has 0 saturated carbocycles. The summed E-state index contributed by atoms with van der Waals surface area (Å²) in [5.74, 6) is 0. The lowest BCUT2D eigenvalue weighted by molar-refractivity contribution is 0.300. The normalized spacial score (nSPS) is 11.9. The SMILES string of the molecule is CCCCCCOP(=O)(CCCC)CCCC. The van der Waals surface area contributed by atoms with Crippen LogP contribution >= 0.6 is 7.37 Å². The molecule has 0 aliphatic carbocycles. The quantitative estimate of drug-likeness (QED) is 0.345. The maximum atomic E-state index is 12.5. The third-order valence-electron chi connectivity index (χ3n) is 3.03. The zero-order valence-electron chi connectivity index (χ0n) is 12.0. The van der Waals surface area contributed by atoms with Gasteiger partial charge in [0.2, 0.25) is 7.37 Å². The van der Waals surface area contributed by atoms with E-state index < -0.39 is 7.37 Å². The molecule has 0 amide bonds. The van der Waals surface area contributed by atoms with Crippen LogP contribution in [-0.4, -0.2) is 18.9 Å². The number of hydrogen-bond acceptors (Lipinski definition) is 2. The average molecular weight is 262 g/mol. The Morgan fingerprint density at radius 2 is 1.29 bits per heavy atom. The van der Waals surface area contributed by atoms with Gasteiger partial charge in [0.05, 0.1) is 6.61 Å². The van der Waals surface area contributed by atoms with Gasteiger partial charge in [0.25, 0.3) is 0 Å². The van der Waals surface area contributed by atoms with Crippen molar-refractivity contribution in [3.63, 3.8) is 0 Å². The van der Waals surface area contributed by atoms with Crippen molar-refractivity contribution in [2.24, 2.45) is 0 Å². The fourth-order valence-corrected chi connectivity index (χ4v) is 4.34. The van der Waals surface area contributed by atoms with Crippen LogP contribution in [0.15, 0.2) is 0 Å². The van der Waals surface area contributed by atoms with Gasteiger partial charge in [-0.3, -0.25) is 4.57 Å². The van der Waals surface area contributed by atoms with Crippen LogP contribution in [0.5, 0.6) is 0 Å². The van der Waals surface area contributed by atoms with Gasteiger partial charge in [-0.1, -0.05) is 52.9 Å². The zero-order chi connectivity index (χ0) is 13.0. The lowest BCUT2D eigenvalue weighted by atomic mass is 10.2. The van der Waals surface area contributed by atoms with Gasteiger partial charge in [-0.25, -0.2) is 0 Å². The predicted octanol–water partition coefficient (Wildman–Crippen LogP) is 5.46. The van der Waals surface area contributed by atoms with E-state index in [9.17, 15) is 4.57 Å². The van der Waals surface area contributed by atoms with Crippen molar-refractivity contribution in [2.75, 3.05) is 18.9 Å². The maximum Gasteiger partial charge on any atom is 0.203 e. The van der Waals surface area contributed by atoms with Crippen molar-refractivity contribution in [3.8, 4) is 0 Å². The molecule has 0 spiro atoms. The number of rotatable bonds is 12. The van der Waals surface area contributed by atoms with Crippen molar-refractivity contribution in [3.05, 3.63) is 0 Å². The van der Waals surface area contributed by atoms with Crippen LogP contribution in [0.3, 0.4) is 0 Å². The molecule has 2 nitrogen and oxygen atoms in total. The van der Waals surface area contributed by atoms with Gasteiger partial charge in [0, 0.05) is 12.3 Å². The van der Waals surface area contributed by atoms with Crippen LogP contribution in [0.1, 0.15) is 72.1 Å². The van der Waals surface area contributed by atoms with E-state index in [0.29, 0.717) is 6.61 Å². The third-order valence-corrected chi connectivity index (χ3v) is 5.68. The summed E-state index contributed by atoms with van der Waals surface area (Å²) in [5.41, 5.74) is 0. The summed E-state index contributed by atoms with van der Waals surface area (Å²) < 4.78 is 18.3. The molecule has 104 valence electrons. The summed E-state index contributed by atoms with van der Waals surface area (Å²) in [5, 5.41) is 0. The Bertz CT molecular complexity index is 192. The molecule has 0 atom stereocenters. The molecule has 0 bridgehead atoms. The van der Waals surface area contributed by atoms with Crippen LogP contribution < -0.4 is 0 Å². The van der Waals surface area contributed by atoms with E-state index in [4.69, 9.17) is 4.52 Å². The highest BCUT2D eigenvalue weighted by atomic mass is 31.2. The Morgan fingerprint density at radius 3 is 1.76 bits per heavy atom. The molecule has 3 heteroatoms. The highest BCUT2D eigenvalue weighted by molar-refractivity contribution is 7.58. The van der Waals surface area contributed by atoms with Gasteiger partial charge >= 0.3 is 0 Å². The van der Waals surface area contributed by atoms with Gasteiger partial charge in [-0.2, -0.15) is 0 Å². The molecule has 0 saturated heterocycles. The van der Waals surface area contributed by atoms with Crippen molar-refractivity contribution >= 4 is 7.37 Å². The topological polar surface area (TPSA) is 26.3 Å². The maximum absolute atomic E-state index is 12.5. The minimum atomic E-state index is -2.30. The third kappa shape index (κ3) is 9.85. The summed E-state index contributed by atoms with van der Waals surface area (Å²) >= 11 is 0. The van der Waals surface area contributed by atoms with E-state index in [0.717, 1.165) is 44.4 Å². The van der Waals surface area contributed by atoms with Crippen molar-refractivity contribution in [2.45, 2.75) is 72.1 Å². The van der Waals surface area contributed by atoms with Gasteiger partial charge in [0.15, 0.2) is 0 Å². The summed E-state index contributed by atoms with van der Waals surface area (Å²) in [7, 11) is -2.30. The smallest absolute Gasteiger partial charge is 0.203 e. The molecule has 0 aromatic heterocycles. The highest BCUT2D eigenvalue weighted by Crippen LogP contribution is 2.48. The molecular formula is C14H31O2P. The van der Waals surface area contributed by atoms with Gasteiger partial charge in [-0.15, -0.1) is 0 Å². The minimum absolute atomic E-state index is 0.699. The Kier molecular flexibility index (Phi) is 11.4. The molecule has 0 unspecified atom stereocenters. The van der Waals surface area contributed by atoms with Gasteiger partial charge < -0.3 is 4.52 Å². The van der Waals surface area contributed by atoms with Crippen LogP contribution in [0.2, 0.25) is 0 Å². The largest absolute Gasteiger partial charge is 0.328 e. The summed E-state index contributed by atoms with van der Waals surface area (Å²) in [6.07, 6.45) is 10.6. The van der Waals surface area contributed by atoms with Gasteiger partial charge in [0.1, 0.15) is 0 Å². The van der Waals surface area contributed by atoms with E-state index >= 15 is 0 Å². The fourth-order valence-electron chi connectivity index (χ4n) is 1.80. The Hall–Kier alpha value is 0.190. The summed E-state index contributed by atoms with van der Waals surface area (Å²) in [4.78, 5) is 0. The first-order valence-electron chi connectivity index (χ1n) is 7.41. The molecule has 0 N–H and O–H groups in total. The zero-order valence-corrected chi connectivity index (χ0v) is 12.9. The molecular weight excluding hydrogens is 231 g/mol. The molecule has 0 rings (SSSR count). The molecule has 0 heterocycles. The molecule has 0 aliphatic heterocycles. The van der Waals surface area contributed by atoms with E-state index in [-0.39, 0.29) is 0 Å². The second kappa shape index (κ2) is 11.3. The number of hydrogen-bond donors (Lipinski definition) is 0. The molecule has 0 radical (unpaired) electrons. The highest BCUT2D eigenvalue weighted by Gasteiger charge is 2.21. The summed E-state index contributed by atoms with van der Waals surface area (Å²) in [6.45, 7) is 7.19. The Balaban J connectivity index is 3.87. The van der Waals surface area contributed by atoms with E-state index in [1.807, 2.05) is 0 Å². The molecule has 0 aliphatic rings. The van der Waals surface area contributed by atoms with E-state index in [1.54, 1.807) is 0 Å². The lowest BCUT2D eigenvalue weighted by Gasteiger charge is -2.18. The molecule has 0 aromatic carbocycles. The molecule has 0 fully saturated rings. The van der Waals surface area contributed by atoms with Crippen molar-refractivity contribution in [1.82, 2.24) is 0 Å². The molecule has 0 aromatic rings. The first kappa shape index (κ1) is 17.2. The van der Waals surface area contributed by atoms with Crippen molar-refractivity contribution < 1.29 is 9.09 Å². The standard InChI is InChI=1S/C14H31O2P/c1-4-7-10-11-12-16-17(15,13-8-5-2)14-9-6-3/h4-14H2,1-3H3. The Morgan fingerprint density at radius 1 is 0.765 bits per heavy atom. The van der Waals surface area contributed by atoms with Crippen LogP contribution in [0.4, 0.5) is 0 Å². The van der Waals surface area contributed by atoms with Crippen LogP contribution in [-0.2, 0) is 9.09 Å². The fraction of sp³-hybridized carbons (Fsp3) is 1.00. The minimum Gasteiger partial charge on any atom is -0.328 e. The van der Waals surface area contributed by atoms with Crippen LogP contribution in [0, 0.1) is 0 Å². The predicted molar refractivity (Wildman–Crippen MR) is 77.3 cm³/mol. The number of unbranched alkanes of at least 4 members (excludes halogenated alkanes) is 5. The van der Waals surface area contributed by atoms with Gasteiger partial charge in [-0.05, 0) is 19.3 Å². The summed E-state index contributed by atoms with van der Waals surface area (Å²) in [6, 6.07) is 0. The van der Waals surface area contributed by atoms with Crippen molar-refractivity contribution in [1.29, 1.82) is 0 Å². The second-order valence-corrected chi connectivity index (χ2v) is 7.64. The van der Waals surface area contributed by atoms with E-state index in [1.165, 1.54) is 19.3 Å². The average Bonchev–Trinajstić information content (AvgIpc) is 2.34. The first-order chi connectivity index (χ1) is 8.18.